The van der Waals surface area contributed by atoms with Crippen molar-refractivity contribution in [2.45, 2.75) is 25.3 Å². The lowest BCUT2D eigenvalue weighted by Crippen LogP contribution is -2.43. The molecule has 1 aliphatic rings. The summed E-state index contributed by atoms with van der Waals surface area (Å²) in [6.45, 7) is 3.33. The molecule has 0 bridgehead atoms. The van der Waals surface area contributed by atoms with Gasteiger partial charge >= 0.3 is 0 Å². The van der Waals surface area contributed by atoms with E-state index in [2.05, 4.69) is 10.3 Å². The van der Waals surface area contributed by atoms with Crippen molar-refractivity contribution in [1.82, 2.24) is 10.3 Å². The number of hydrogen-bond donors (Lipinski definition) is 1. The van der Waals surface area contributed by atoms with Gasteiger partial charge in [-0.15, -0.1) is 11.3 Å². The Hall–Kier alpha value is -1.30. The number of halogens is 1. The number of thiazole rings is 1. The Morgan fingerprint density at radius 2 is 2.33 bits per heavy atom. The molecule has 1 aromatic carbocycles. The summed E-state index contributed by atoms with van der Waals surface area (Å²) in [6.07, 6.45) is 1.57. The Kier molecular flexibility index (Phi) is 4.06. The number of benzene rings is 1. The molecule has 2 aromatic rings. The summed E-state index contributed by atoms with van der Waals surface area (Å²) in [7, 11) is 1.68. The zero-order chi connectivity index (χ0) is 14.9. The molecule has 5 heteroatoms. The summed E-state index contributed by atoms with van der Waals surface area (Å²) in [5.74, 6) is -0.115. The predicted molar refractivity (Wildman–Crippen MR) is 82.2 cm³/mol. The van der Waals surface area contributed by atoms with E-state index in [0.717, 1.165) is 34.7 Å². The summed E-state index contributed by atoms with van der Waals surface area (Å²) in [5, 5.41) is 6.63. The number of methoxy groups -OCH3 is 1. The zero-order valence-corrected chi connectivity index (χ0v) is 13.1. The molecule has 0 aliphatic heterocycles. The second-order valence-electron chi connectivity index (χ2n) is 5.38. The highest BCUT2D eigenvalue weighted by Gasteiger charge is 2.43. The van der Waals surface area contributed by atoms with Crippen LogP contribution in [0.15, 0.2) is 23.6 Å². The fourth-order valence-electron chi connectivity index (χ4n) is 3.06. The zero-order valence-electron chi connectivity index (χ0n) is 12.3. The molecule has 0 spiro atoms. The van der Waals surface area contributed by atoms with Crippen LogP contribution in [0.2, 0.25) is 0 Å². The van der Waals surface area contributed by atoms with Gasteiger partial charge in [0, 0.05) is 24.7 Å². The van der Waals surface area contributed by atoms with Gasteiger partial charge in [0.2, 0.25) is 0 Å². The van der Waals surface area contributed by atoms with Crippen molar-refractivity contribution < 1.29 is 9.13 Å². The third-order valence-corrected chi connectivity index (χ3v) is 5.17. The minimum atomic E-state index is -0.380. The van der Waals surface area contributed by atoms with Gasteiger partial charge in [0.15, 0.2) is 0 Å². The van der Waals surface area contributed by atoms with E-state index in [4.69, 9.17) is 4.74 Å². The van der Waals surface area contributed by atoms with Gasteiger partial charge in [-0.2, -0.15) is 0 Å². The van der Waals surface area contributed by atoms with Crippen molar-refractivity contribution >= 4 is 11.3 Å². The smallest absolute Gasteiger partial charge is 0.126 e. The van der Waals surface area contributed by atoms with E-state index in [1.54, 1.807) is 24.5 Å². The van der Waals surface area contributed by atoms with Crippen LogP contribution in [0.25, 0.3) is 0 Å². The van der Waals surface area contributed by atoms with Crippen molar-refractivity contribution in [2.75, 3.05) is 20.3 Å². The minimum Gasteiger partial charge on any atom is -0.383 e. The molecule has 3 nitrogen and oxygen atoms in total. The van der Waals surface area contributed by atoms with Crippen LogP contribution in [0.3, 0.4) is 0 Å². The molecule has 0 fully saturated rings. The second kappa shape index (κ2) is 5.83. The van der Waals surface area contributed by atoms with Crippen molar-refractivity contribution in [3.63, 3.8) is 0 Å². The fourth-order valence-corrected chi connectivity index (χ4v) is 4.07. The average molecular weight is 306 g/mol. The summed E-state index contributed by atoms with van der Waals surface area (Å²) >= 11 is 1.64. The minimum absolute atomic E-state index is 0.115. The number of fused-ring (bicyclic) bond motifs is 1. The first-order chi connectivity index (χ1) is 10.2. The van der Waals surface area contributed by atoms with Gasteiger partial charge in [-0.05, 0) is 37.0 Å². The first-order valence-corrected chi connectivity index (χ1v) is 8.00. The van der Waals surface area contributed by atoms with Crippen molar-refractivity contribution in [1.29, 1.82) is 0 Å². The first kappa shape index (κ1) is 14.6. The summed E-state index contributed by atoms with van der Waals surface area (Å²) < 4.78 is 19.2. The molecular weight excluding hydrogens is 287 g/mol. The van der Waals surface area contributed by atoms with Crippen LogP contribution < -0.4 is 5.32 Å². The molecule has 21 heavy (non-hydrogen) atoms. The molecule has 0 amide bonds. The lowest BCUT2D eigenvalue weighted by molar-refractivity contribution is 0.189. The Labute approximate surface area is 128 Å². The highest BCUT2D eigenvalue weighted by molar-refractivity contribution is 7.09. The van der Waals surface area contributed by atoms with Crippen molar-refractivity contribution in [2.24, 2.45) is 0 Å². The topological polar surface area (TPSA) is 34.1 Å². The van der Waals surface area contributed by atoms with E-state index in [9.17, 15) is 4.39 Å². The van der Waals surface area contributed by atoms with Gasteiger partial charge in [0.25, 0.3) is 0 Å². The van der Waals surface area contributed by atoms with E-state index in [1.807, 2.05) is 18.4 Å². The largest absolute Gasteiger partial charge is 0.383 e. The van der Waals surface area contributed by atoms with Crippen LogP contribution in [0, 0.1) is 12.7 Å². The third kappa shape index (κ3) is 2.50. The second-order valence-corrected chi connectivity index (χ2v) is 6.24. The maximum absolute atomic E-state index is 14.1. The molecule has 3 rings (SSSR count). The SMILES string of the molecule is COCCNC1(c2nc(C)cs2)CCc2c(F)cccc21. The standard InChI is InChI=1S/C16H19FN2OS/c1-11-10-21-15(19-11)16(18-8-9-20-2)7-6-12-13(16)4-3-5-14(12)17/h3-5,10,18H,6-9H2,1-2H3. The highest BCUT2D eigenvalue weighted by atomic mass is 32.1. The van der Waals surface area contributed by atoms with Crippen molar-refractivity contribution in [3.8, 4) is 0 Å². The molecule has 0 saturated carbocycles. The molecule has 1 aromatic heterocycles. The average Bonchev–Trinajstić information content (AvgIpc) is 3.06. The van der Waals surface area contributed by atoms with Crippen LogP contribution in [0.4, 0.5) is 4.39 Å². The van der Waals surface area contributed by atoms with Gasteiger partial charge in [-0.1, -0.05) is 12.1 Å². The van der Waals surface area contributed by atoms with E-state index >= 15 is 0 Å². The monoisotopic (exact) mass is 306 g/mol. The normalized spacial score (nSPS) is 20.7. The molecule has 1 unspecified atom stereocenters. The summed E-state index contributed by atoms with van der Waals surface area (Å²) in [5.41, 5.74) is 2.46. The van der Waals surface area contributed by atoms with E-state index in [-0.39, 0.29) is 11.4 Å². The van der Waals surface area contributed by atoms with Crippen molar-refractivity contribution in [3.05, 3.63) is 51.2 Å². The van der Waals surface area contributed by atoms with Crippen LogP contribution in [-0.2, 0) is 16.7 Å². The Bertz CT molecular complexity index is 643. The maximum atomic E-state index is 14.1. The highest BCUT2D eigenvalue weighted by Crippen LogP contribution is 2.43. The summed E-state index contributed by atoms with van der Waals surface area (Å²) in [4.78, 5) is 4.66. The lowest BCUT2D eigenvalue weighted by Gasteiger charge is -2.30. The number of nitrogens with zero attached hydrogens (tertiary/aromatic N) is 1. The van der Waals surface area contributed by atoms with Crippen LogP contribution >= 0.6 is 11.3 Å². The van der Waals surface area contributed by atoms with Gasteiger partial charge in [-0.25, -0.2) is 9.37 Å². The van der Waals surface area contributed by atoms with Crippen LogP contribution in [0.1, 0.15) is 28.2 Å². The van der Waals surface area contributed by atoms with E-state index in [1.165, 1.54) is 6.07 Å². The number of nitrogens with one attached hydrogen (secondary N) is 1. The van der Waals surface area contributed by atoms with Crippen LogP contribution in [0.5, 0.6) is 0 Å². The molecule has 1 N–H and O–H groups in total. The third-order valence-electron chi connectivity index (χ3n) is 4.05. The Balaban J connectivity index is 2.05. The Morgan fingerprint density at radius 1 is 1.48 bits per heavy atom. The molecule has 112 valence electrons. The van der Waals surface area contributed by atoms with Gasteiger partial charge in [-0.3, -0.25) is 5.32 Å². The lowest BCUT2D eigenvalue weighted by atomic mass is 9.92. The van der Waals surface area contributed by atoms with E-state index < -0.39 is 0 Å². The molecule has 0 radical (unpaired) electrons. The molecule has 0 saturated heterocycles. The van der Waals surface area contributed by atoms with Gasteiger partial charge in [0.1, 0.15) is 10.8 Å². The van der Waals surface area contributed by atoms with E-state index in [0.29, 0.717) is 13.2 Å². The molecular formula is C16H19FN2OS. The molecule has 1 atom stereocenters. The maximum Gasteiger partial charge on any atom is 0.126 e. The predicted octanol–water partition coefficient (Wildman–Crippen LogP) is 3.02. The number of aryl methyl sites for hydroxylation is 1. The number of ether oxygens (including phenoxy) is 1. The van der Waals surface area contributed by atoms with Crippen LogP contribution in [-0.4, -0.2) is 25.2 Å². The van der Waals surface area contributed by atoms with Gasteiger partial charge < -0.3 is 4.74 Å². The number of aromatic nitrogens is 1. The fraction of sp³-hybridized carbons (Fsp3) is 0.438. The molecule has 1 heterocycles. The number of hydrogen-bond acceptors (Lipinski definition) is 4. The summed E-state index contributed by atoms with van der Waals surface area (Å²) in [6, 6.07) is 5.34. The Morgan fingerprint density at radius 3 is 3.05 bits per heavy atom. The quantitative estimate of drug-likeness (QED) is 0.862. The number of rotatable bonds is 5. The molecule has 1 aliphatic carbocycles. The van der Waals surface area contributed by atoms with Gasteiger partial charge in [0.05, 0.1) is 12.1 Å². The first-order valence-electron chi connectivity index (χ1n) is 7.12.